The number of nitrogens with zero attached hydrogens (tertiary/aromatic N) is 1. The first-order valence-corrected chi connectivity index (χ1v) is 11.5. The molecular formula is C24H32N4O8. The smallest absolute Gasteiger partial charge is 0.407 e. The molecule has 1 aromatic carbocycles. The Hall–Kier alpha value is -3.77. The standard InChI is InChI=1S/C24H32N4O8/c1-15(2)21(23(33)25-16(3)22(32)26-18-6-4-17(14-29)5-7-18)27-24(34)36-13-12-35-11-10-28-19(30)8-9-20(28)31/h4-9,15-16,21,29H,10-14H2,1-3H3,(H,25,33)(H,26,32)(H,27,34)/t16-,21-/m0/s1. The number of ether oxygens (including phenoxy) is 2. The Balaban J connectivity index is 1.71. The van der Waals surface area contributed by atoms with Gasteiger partial charge < -0.3 is 30.5 Å². The Morgan fingerprint density at radius 2 is 1.56 bits per heavy atom. The van der Waals surface area contributed by atoms with Gasteiger partial charge in [0.15, 0.2) is 0 Å². The molecule has 0 spiro atoms. The SMILES string of the molecule is CC(C)[C@H](NC(=O)OCCOCCN1C(=O)C=CC1=O)C(=O)N[C@@H](C)C(=O)Nc1ccc(CO)cc1. The molecule has 1 aliphatic heterocycles. The lowest BCUT2D eigenvalue weighted by molar-refractivity contribution is -0.137. The lowest BCUT2D eigenvalue weighted by atomic mass is 10.0. The fourth-order valence-electron chi connectivity index (χ4n) is 3.12. The van der Waals surface area contributed by atoms with E-state index in [-0.39, 0.29) is 38.9 Å². The predicted molar refractivity (Wildman–Crippen MR) is 128 cm³/mol. The van der Waals surface area contributed by atoms with Crippen LogP contribution >= 0.6 is 0 Å². The van der Waals surface area contributed by atoms with Crippen LogP contribution in [0.5, 0.6) is 0 Å². The number of hydrogen-bond acceptors (Lipinski definition) is 8. The summed E-state index contributed by atoms with van der Waals surface area (Å²) < 4.78 is 10.3. The number of alkyl carbamates (subject to hydrolysis) is 1. The van der Waals surface area contributed by atoms with E-state index in [4.69, 9.17) is 14.6 Å². The van der Waals surface area contributed by atoms with Gasteiger partial charge >= 0.3 is 6.09 Å². The molecule has 5 amide bonds. The van der Waals surface area contributed by atoms with Crippen LogP contribution in [0.3, 0.4) is 0 Å². The van der Waals surface area contributed by atoms with E-state index >= 15 is 0 Å². The average molecular weight is 505 g/mol. The summed E-state index contributed by atoms with van der Waals surface area (Å²) >= 11 is 0. The molecule has 0 aromatic heterocycles. The van der Waals surface area contributed by atoms with Gasteiger partial charge in [-0.1, -0.05) is 26.0 Å². The van der Waals surface area contributed by atoms with Crippen LogP contribution in [0.4, 0.5) is 10.5 Å². The van der Waals surface area contributed by atoms with Crippen molar-refractivity contribution in [2.24, 2.45) is 5.92 Å². The van der Waals surface area contributed by atoms with Crippen molar-refractivity contribution in [1.82, 2.24) is 15.5 Å². The second kappa shape index (κ2) is 14.0. The zero-order valence-corrected chi connectivity index (χ0v) is 20.5. The molecule has 4 N–H and O–H groups in total. The summed E-state index contributed by atoms with van der Waals surface area (Å²) in [5, 5.41) is 16.8. The second-order valence-electron chi connectivity index (χ2n) is 8.35. The van der Waals surface area contributed by atoms with Gasteiger partial charge in [-0.05, 0) is 30.5 Å². The van der Waals surface area contributed by atoms with Crippen LogP contribution in [-0.4, -0.2) is 78.2 Å². The minimum atomic E-state index is -0.947. The molecule has 36 heavy (non-hydrogen) atoms. The molecular weight excluding hydrogens is 472 g/mol. The third kappa shape index (κ3) is 8.78. The van der Waals surface area contributed by atoms with E-state index < -0.39 is 41.8 Å². The molecule has 2 atom stereocenters. The number of hydrogen-bond donors (Lipinski definition) is 4. The minimum Gasteiger partial charge on any atom is -0.447 e. The molecule has 0 aliphatic carbocycles. The first-order chi connectivity index (χ1) is 17.1. The predicted octanol–water partition coefficient (Wildman–Crippen LogP) is 0.315. The number of carbonyl (C=O) groups is 5. The highest BCUT2D eigenvalue weighted by molar-refractivity contribution is 6.12. The number of rotatable bonds is 13. The molecule has 1 aliphatic rings. The van der Waals surface area contributed by atoms with E-state index in [0.29, 0.717) is 11.3 Å². The normalized spacial score (nSPS) is 14.5. The van der Waals surface area contributed by atoms with Gasteiger partial charge in [-0.2, -0.15) is 0 Å². The van der Waals surface area contributed by atoms with E-state index in [9.17, 15) is 24.0 Å². The van der Waals surface area contributed by atoms with Gasteiger partial charge in [-0.15, -0.1) is 0 Å². The maximum absolute atomic E-state index is 12.7. The molecule has 0 fully saturated rings. The summed E-state index contributed by atoms with van der Waals surface area (Å²) in [4.78, 5) is 61.1. The van der Waals surface area contributed by atoms with E-state index in [2.05, 4.69) is 16.0 Å². The maximum atomic E-state index is 12.7. The number of carbonyl (C=O) groups excluding carboxylic acids is 5. The first-order valence-electron chi connectivity index (χ1n) is 11.5. The van der Waals surface area contributed by atoms with Crippen LogP contribution in [-0.2, 0) is 35.3 Å². The highest BCUT2D eigenvalue weighted by Gasteiger charge is 2.27. The highest BCUT2D eigenvalue weighted by Crippen LogP contribution is 2.10. The van der Waals surface area contributed by atoms with Crippen LogP contribution < -0.4 is 16.0 Å². The van der Waals surface area contributed by atoms with Gasteiger partial charge in [0.2, 0.25) is 11.8 Å². The topological polar surface area (TPSA) is 163 Å². The summed E-state index contributed by atoms with van der Waals surface area (Å²) in [5.41, 5.74) is 1.21. The number of amides is 5. The molecule has 2 rings (SSSR count). The molecule has 1 aromatic rings. The van der Waals surface area contributed by atoms with Gasteiger partial charge in [-0.25, -0.2) is 4.79 Å². The second-order valence-corrected chi connectivity index (χ2v) is 8.35. The lowest BCUT2D eigenvalue weighted by Crippen LogP contribution is -2.53. The number of benzene rings is 1. The summed E-state index contributed by atoms with van der Waals surface area (Å²) in [5.74, 6) is -2.10. The maximum Gasteiger partial charge on any atom is 0.407 e. The third-order valence-electron chi connectivity index (χ3n) is 5.20. The van der Waals surface area contributed by atoms with Gasteiger partial charge in [0.25, 0.3) is 11.8 Å². The van der Waals surface area contributed by atoms with E-state index in [1.54, 1.807) is 38.1 Å². The van der Waals surface area contributed by atoms with E-state index in [0.717, 1.165) is 4.90 Å². The molecule has 12 nitrogen and oxygen atoms in total. The fraction of sp³-hybridized carbons (Fsp3) is 0.458. The zero-order valence-electron chi connectivity index (χ0n) is 20.5. The van der Waals surface area contributed by atoms with Crippen molar-refractivity contribution >= 4 is 35.4 Å². The summed E-state index contributed by atoms with van der Waals surface area (Å²) in [6.07, 6.45) is 1.53. The Labute approximate surface area is 209 Å². The van der Waals surface area contributed by atoms with Crippen molar-refractivity contribution in [2.45, 2.75) is 39.5 Å². The summed E-state index contributed by atoms with van der Waals surface area (Å²) in [6.45, 7) is 4.98. The fourth-order valence-corrected chi connectivity index (χ4v) is 3.12. The number of aliphatic hydroxyl groups excluding tert-OH is 1. The van der Waals surface area contributed by atoms with Gasteiger partial charge in [0.05, 0.1) is 26.4 Å². The largest absolute Gasteiger partial charge is 0.447 e. The Bertz CT molecular complexity index is 959. The van der Waals surface area contributed by atoms with Crippen LogP contribution in [0.2, 0.25) is 0 Å². The quantitative estimate of drug-likeness (QED) is 0.220. The van der Waals surface area contributed by atoms with Crippen LogP contribution in [0.1, 0.15) is 26.3 Å². The van der Waals surface area contributed by atoms with Crippen molar-refractivity contribution in [1.29, 1.82) is 0 Å². The van der Waals surface area contributed by atoms with E-state index in [1.165, 1.54) is 19.1 Å². The molecule has 0 bridgehead atoms. The van der Waals surface area contributed by atoms with Gasteiger partial charge in [0, 0.05) is 17.8 Å². The number of aliphatic hydroxyl groups is 1. The van der Waals surface area contributed by atoms with Crippen molar-refractivity contribution in [3.05, 3.63) is 42.0 Å². The van der Waals surface area contributed by atoms with Crippen molar-refractivity contribution < 1.29 is 38.6 Å². The summed E-state index contributed by atoms with van der Waals surface area (Å²) in [6, 6.07) is 4.78. The molecule has 12 heteroatoms. The molecule has 0 unspecified atom stereocenters. The van der Waals surface area contributed by atoms with Crippen molar-refractivity contribution in [3.63, 3.8) is 0 Å². The monoisotopic (exact) mass is 504 g/mol. The van der Waals surface area contributed by atoms with Gasteiger partial charge in [0.1, 0.15) is 18.7 Å². The minimum absolute atomic E-state index is 0.0338. The number of nitrogens with one attached hydrogen (secondary N) is 3. The third-order valence-corrected chi connectivity index (χ3v) is 5.20. The van der Waals surface area contributed by atoms with Gasteiger partial charge in [-0.3, -0.25) is 24.1 Å². The molecule has 196 valence electrons. The van der Waals surface area contributed by atoms with Crippen LogP contribution in [0.25, 0.3) is 0 Å². The highest BCUT2D eigenvalue weighted by atomic mass is 16.6. The number of imide groups is 1. The molecule has 0 saturated carbocycles. The first kappa shape index (κ1) is 28.5. The van der Waals surface area contributed by atoms with Crippen molar-refractivity contribution in [2.75, 3.05) is 31.7 Å². The lowest BCUT2D eigenvalue weighted by Gasteiger charge is -2.23. The van der Waals surface area contributed by atoms with Crippen molar-refractivity contribution in [3.8, 4) is 0 Å². The Morgan fingerprint density at radius 1 is 0.917 bits per heavy atom. The zero-order chi connectivity index (χ0) is 26.7. The molecule has 0 radical (unpaired) electrons. The van der Waals surface area contributed by atoms with Crippen LogP contribution in [0.15, 0.2) is 36.4 Å². The Kier molecular flexibility index (Phi) is 11.0. The molecule has 0 saturated heterocycles. The Morgan fingerprint density at radius 3 is 2.14 bits per heavy atom. The number of anilines is 1. The molecule has 1 heterocycles. The van der Waals surface area contributed by atoms with E-state index in [1.807, 2.05) is 0 Å². The average Bonchev–Trinajstić information content (AvgIpc) is 3.16. The summed E-state index contributed by atoms with van der Waals surface area (Å²) in [7, 11) is 0. The van der Waals surface area contributed by atoms with Crippen LogP contribution in [0, 0.1) is 5.92 Å².